The summed E-state index contributed by atoms with van der Waals surface area (Å²) < 4.78 is 12.7. The third kappa shape index (κ3) is 7.16. The quantitative estimate of drug-likeness (QED) is 0.293. The van der Waals surface area contributed by atoms with Crippen LogP contribution in [0.2, 0.25) is 0 Å². The van der Waals surface area contributed by atoms with Crippen molar-refractivity contribution in [3.8, 4) is 22.6 Å². The first-order valence-corrected chi connectivity index (χ1v) is 19.1. The zero-order chi connectivity index (χ0) is 30.8. The Morgan fingerprint density at radius 2 is 0.930 bits per heavy atom. The van der Waals surface area contributed by atoms with Gasteiger partial charge in [-0.15, -0.1) is 0 Å². The second-order valence-corrected chi connectivity index (χ2v) is 19.8. The van der Waals surface area contributed by atoms with Crippen LogP contribution in [0, 0.1) is 0 Å². The predicted octanol–water partition coefficient (Wildman–Crippen LogP) is 12.2. The summed E-state index contributed by atoms with van der Waals surface area (Å²) in [6, 6.07) is 9.86. The summed E-state index contributed by atoms with van der Waals surface area (Å²) in [6.07, 6.45) is 20.4. The standard InChI is InChI=1S/C40H61O2P/c1-39(2,3)43(40(4,5)6)38-35(42-8)25-24-34(41-7)37(38)36-32(29-20-14-10-15-21-29)26-31(28-18-12-9-13-19-28)27-33(36)30-22-16-11-17-23-30/h24-30H,9-23H2,1-8H3. The lowest BCUT2D eigenvalue weighted by atomic mass is 9.72. The molecule has 3 fully saturated rings. The van der Waals surface area contributed by atoms with Gasteiger partial charge in [-0.3, -0.25) is 0 Å². The Kier molecular flexibility index (Phi) is 10.6. The van der Waals surface area contributed by atoms with Gasteiger partial charge in [-0.2, -0.15) is 0 Å². The van der Waals surface area contributed by atoms with Gasteiger partial charge in [-0.1, -0.05) is 119 Å². The van der Waals surface area contributed by atoms with Gasteiger partial charge in [0.15, 0.2) is 0 Å². The molecular weight excluding hydrogens is 543 g/mol. The number of hydrogen-bond acceptors (Lipinski definition) is 2. The largest absolute Gasteiger partial charge is 0.496 e. The van der Waals surface area contributed by atoms with Gasteiger partial charge in [0, 0.05) is 10.9 Å². The van der Waals surface area contributed by atoms with E-state index in [9.17, 15) is 0 Å². The Bertz CT molecular complexity index is 1160. The number of hydrogen-bond donors (Lipinski definition) is 0. The van der Waals surface area contributed by atoms with Gasteiger partial charge in [0.25, 0.3) is 0 Å². The summed E-state index contributed by atoms with van der Waals surface area (Å²) in [6.45, 7) is 14.7. The Balaban J connectivity index is 1.89. The van der Waals surface area contributed by atoms with Crippen molar-refractivity contribution in [2.45, 2.75) is 166 Å². The van der Waals surface area contributed by atoms with Crippen molar-refractivity contribution >= 4 is 13.2 Å². The highest BCUT2D eigenvalue weighted by Gasteiger charge is 2.41. The normalized spacial score (nSPS) is 20.0. The fourth-order valence-corrected chi connectivity index (χ4v) is 13.4. The van der Waals surface area contributed by atoms with Gasteiger partial charge in [0.2, 0.25) is 0 Å². The maximum atomic E-state index is 6.40. The van der Waals surface area contributed by atoms with Crippen LogP contribution in [0.5, 0.6) is 11.5 Å². The molecule has 5 rings (SSSR count). The van der Waals surface area contributed by atoms with Crippen LogP contribution in [0.15, 0.2) is 24.3 Å². The molecule has 3 aliphatic rings. The Labute approximate surface area is 265 Å². The highest BCUT2D eigenvalue weighted by Crippen LogP contribution is 2.63. The van der Waals surface area contributed by atoms with Crippen LogP contribution in [0.25, 0.3) is 11.1 Å². The average Bonchev–Trinajstić information content (AvgIpc) is 3.00. The molecular formula is C40H61O2P. The van der Waals surface area contributed by atoms with Crippen molar-refractivity contribution in [3.05, 3.63) is 41.0 Å². The van der Waals surface area contributed by atoms with Crippen molar-refractivity contribution in [1.29, 1.82) is 0 Å². The summed E-state index contributed by atoms with van der Waals surface area (Å²) >= 11 is 0. The molecule has 0 spiro atoms. The minimum Gasteiger partial charge on any atom is -0.496 e. The van der Waals surface area contributed by atoms with Crippen molar-refractivity contribution in [2.24, 2.45) is 0 Å². The van der Waals surface area contributed by atoms with E-state index in [1.54, 1.807) is 22.3 Å². The molecule has 0 aliphatic heterocycles. The summed E-state index contributed by atoms with van der Waals surface area (Å²) in [7, 11) is 3.16. The van der Waals surface area contributed by atoms with Crippen LogP contribution in [-0.2, 0) is 0 Å². The molecule has 0 amide bonds. The van der Waals surface area contributed by atoms with Gasteiger partial charge in [-0.05, 0) is 101 Å². The smallest absolute Gasteiger partial charge is 0.127 e. The molecule has 2 aromatic carbocycles. The van der Waals surface area contributed by atoms with Gasteiger partial charge in [0.1, 0.15) is 11.5 Å². The molecule has 0 bridgehead atoms. The second kappa shape index (κ2) is 13.8. The number of ether oxygens (including phenoxy) is 2. The fourth-order valence-electron chi connectivity index (χ4n) is 9.17. The molecule has 0 atom stereocenters. The lowest BCUT2D eigenvalue weighted by Crippen LogP contribution is -2.33. The first-order chi connectivity index (χ1) is 20.5. The molecule has 0 unspecified atom stereocenters. The maximum Gasteiger partial charge on any atom is 0.127 e. The molecule has 43 heavy (non-hydrogen) atoms. The molecule has 238 valence electrons. The summed E-state index contributed by atoms with van der Waals surface area (Å²) in [5.74, 6) is 4.08. The highest BCUT2D eigenvalue weighted by atomic mass is 31.1. The van der Waals surface area contributed by atoms with Crippen molar-refractivity contribution in [3.63, 3.8) is 0 Å². The van der Waals surface area contributed by atoms with Crippen molar-refractivity contribution in [1.82, 2.24) is 0 Å². The molecule has 0 heterocycles. The minimum atomic E-state index is -0.615. The average molecular weight is 605 g/mol. The Hall–Kier alpha value is -1.53. The molecule has 0 saturated heterocycles. The monoisotopic (exact) mass is 604 g/mol. The summed E-state index contributed by atoms with van der Waals surface area (Å²) in [4.78, 5) is 0. The summed E-state index contributed by atoms with van der Waals surface area (Å²) in [5, 5.41) is 1.65. The zero-order valence-electron chi connectivity index (χ0n) is 28.9. The molecule has 0 aromatic heterocycles. The maximum absolute atomic E-state index is 6.40. The SMILES string of the molecule is COc1ccc(OC)c(P(C(C)(C)C)C(C)(C)C)c1-c1c(C2CCCCC2)cc(C2CCCCC2)cc1C1CCCCC1. The van der Waals surface area contributed by atoms with E-state index in [0.717, 1.165) is 17.4 Å². The lowest BCUT2D eigenvalue weighted by Gasteiger charge is -2.44. The third-order valence-corrected chi connectivity index (χ3v) is 14.3. The van der Waals surface area contributed by atoms with E-state index >= 15 is 0 Å². The second-order valence-electron chi connectivity index (χ2n) is 15.9. The molecule has 3 aliphatic carbocycles. The number of rotatable bonds is 7. The lowest BCUT2D eigenvalue weighted by molar-refractivity contribution is 0.406. The first kappa shape index (κ1) is 32.9. The van der Waals surface area contributed by atoms with Crippen LogP contribution >= 0.6 is 7.92 Å². The van der Waals surface area contributed by atoms with Gasteiger partial charge < -0.3 is 9.47 Å². The molecule has 0 N–H and O–H groups in total. The van der Waals surface area contributed by atoms with E-state index in [0.29, 0.717) is 11.8 Å². The number of benzene rings is 2. The Morgan fingerprint density at radius 3 is 1.33 bits per heavy atom. The van der Waals surface area contributed by atoms with Crippen LogP contribution in [0.4, 0.5) is 0 Å². The van der Waals surface area contributed by atoms with Gasteiger partial charge in [0.05, 0.1) is 14.2 Å². The van der Waals surface area contributed by atoms with E-state index in [-0.39, 0.29) is 10.3 Å². The van der Waals surface area contributed by atoms with E-state index in [1.807, 2.05) is 14.2 Å². The van der Waals surface area contributed by atoms with Gasteiger partial charge in [-0.25, -0.2) is 0 Å². The fraction of sp³-hybridized carbons (Fsp3) is 0.700. The van der Waals surface area contributed by atoms with E-state index in [2.05, 4.69) is 65.8 Å². The molecule has 2 aromatic rings. The molecule has 3 heteroatoms. The molecule has 3 saturated carbocycles. The predicted molar refractivity (Wildman–Crippen MR) is 189 cm³/mol. The number of methoxy groups -OCH3 is 2. The highest BCUT2D eigenvalue weighted by molar-refractivity contribution is 7.69. The van der Waals surface area contributed by atoms with E-state index in [1.165, 1.54) is 107 Å². The van der Waals surface area contributed by atoms with E-state index in [4.69, 9.17) is 9.47 Å². The van der Waals surface area contributed by atoms with Gasteiger partial charge >= 0.3 is 0 Å². The summed E-state index contributed by atoms with van der Waals surface area (Å²) in [5.41, 5.74) is 7.86. The van der Waals surface area contributed by atoms with Crippen LogP contribution in [0.1, 0.15) is 172 Å². The van der Waals surface area contributed by atoms with Crippen molar-refractivity contribution in [2.75, 3.05) is 14.2 Å². The third-order valence-electron chi connectivity index (χ3n) is 10.7. The van der Waals surface area contributed by atoms with Crippen molar-refractivity contribution < 1.29 is 9.47 Å². The Morgan fingerprint density at radius 1 is 0.535 bits per heavy atom. The topological polar surface area (TPSA) is 18.5 Å². The minimum absolute atomic E-state index is 0.111. The van der Waals surface area contributed by atoms with E-state index < -0.39 is 7.92 Å². The van der Waals surface area contributed by atoms with Crippen LogP contribution in [-0.4, -0.2) is 24.5 Å². The van der Waals surface area contributed by atoms with Crippen LogP contribution in [0.3, 0.4) is 0 Å². The molecule has 0 radical (unpaired) electrons. The van der Waals surface area contributed by atoms with Crippen LogP contribution < -0.4 is 14.8 Å². The zero-order valence-corrected chi connectivity index (χ0v) is 29.8. The first-order valence-electron chi connectivity index (χ1n) is 17.8. The molecule has 2 nitrogen and oxygen atoms in total.